The van der Waals surface area contributed by atoms with Crippen LogP contribution in [-0.2, 0) is 10.0 Å². The van der Waals surface area contributed by atoms with Crippen LogP contribution in [-0.4, -0.2) is 54.5 Å². The first-order chi connectivity index (χ1) is 9.98. The number of carbonyl (C=O) groups is 1. The molecule has 21 heavy (non-hydrogen) atoms. The average Bonchev–Trinajstić information content (AvgIpc) is 2.96. The van der Waals surface area contributed by atoms with Gasteiger partial charge in [0.15, 0.2) is 9.90 Å². The highest BCUT2D eigenvalue weighted by molar-refractivity contribution is 7.91. The number of hydrogen-bond acceptors (Lipinski definition) is 6. The number of carboxylic acid groups (broad SMARTS) is 1. The summed E-state index contributed by atoms with van der Waals surface area (Å²) in [7, 11) is -3.81. The third kappa shape index (κ3) is 3.42. The van der Waals surface area contributed by atoms with Gasteiger partial charge in [0.1, 0.15) is 0 Å². The molecule has 0 amide bonds. The van der Waals surface area contributed by atoms with Gasteiger partial charge in [-0.1, -0.05) is 6.92 Å². The molecule has 0 bridgehead atoms. The first-order valence-corrected chi connectivity index (χ1v) is 9.19. The topological polar surface area (TPSA) is 99.6 Å². The van der Waals surface area contributed by atoms with Gasteiger partial charge in [-0.2, -0.15) is 4.31 Å². The third-order valence-electron chi connectivity index (χ3n) is 3.44. The number of thiazole rings is 1. The molecule has 1 aliphatic heterocycles. The van der Waals surface area contributed by atoms with Gasteiger partial charge in [-0.3, -0.25) is 0 Å². The fourth-order valence-electron chi connectivity index (χ4n) is 2.48. The number of aromatic nitrogens is 1. The minimum absolute atomic E-state index is 0.0834. The van der Waals surface area contributed by atoms with Gasteiger partial charge in [0.25, 0.3) is 10.0 Å². The molecule has 2 N–H and O–H groups in total. The predicted octanol–water partition coefficient (Wildman–Crippen LogP) is 0.994. The van der Waals surface area contributed by atoms with E-state index in [2.05, 4.69) is 10.3 Å². The molecule has 1 fully saturated rings. The van der Waals surface area contributed by atoms with Crippen molar-refractivity contribution >= 4 is 27.3 Å². The Kier molecular flexibility index (Phi) is 5.31. The van der Waals surface area contributed by atoms with Crippen LogP contribution < -0.4 is 5.32 Å². The SMILES string of the molecule is CCCN(C1CCNCC1)S(=O)(=O)c1scnc1C(=O)O. The Labute approximate surface area is 128 Å². The Morgan fingerprint density at radius 3 is 2.76 bits per heavy atom. The highest BCUT2D eigenvalue weighted by atomic mass is 32.2. The number of hydrogen-bond donors (Lipinski definition) is 2. The van der Waals surface area contributed by atoms with E-state index in [0.717, 1.165) is 37.3 Å². The lowest BCUT2D eigenvalue weighted by molar-refractivity contribution is 0.0687. The monoisotopic (exact) mass is 333 g/mol. The van der Waals surface area contributed by atoms with Crippen molar-refractivity contribution in [2.24, 2.45) is 0 Å². The second-order valence-corrected chi connectivity index (χ2v) is 7.83. The fraction of sp³-hybridized carbons (Fsp3) is 0.667. The first-order valence-electron chi connectivity index (χ1n) is 6.87. The van der Waals surface area contributed by atoms with Crippen molar-refractivity contribution in [1.82, 2.24) is 14.6 Å². The maximum atomic E-state index is 12.8. The highest BCUT2D eigenvalue weighted by Gasteiger charge is 2.35. The largest absolute Gasteiger partial charge is 0.476 e. The molecule has 1 aromatic heterocycles. The van der Waals surface area contributed by atoms with Gasteiger partial charge >= 0.3 is 5.97 Å². The zero-order valence-corrected chi connectivity index (χ0v) is 13.4. The van der Waals surface area contributed by atoms with E-state index in [1.54, 1.807) is 0 Å². The van der Waals surface area contributed by atoms with E-state index in [1.165, 1.54) is 9.82 Å². The maximum absolute atomic E-state index is 12.8. The summed E-state index contributed by atoms with van der Waals surface area (Å²) in [5.74, 6) is -1.31. The summed E-state index contributed by atoms with van der Waals surface area (Å²) >= 11 is 0.866. The molecule has 0 unspecified atom stereocenters. The lowest BCUT2D eigenvalue weighted by atomic mass is 10.1. The fourth-order valence-corrected chi connectivity index (χ4v) is 5.51. The number of nitrogens with one attached hydrogen (secondary N) is 1. The smallest absolute Gasteiger partial charge is 0.356 e. The number of sulfonamides is 1. The van der Waals surface area contributed by atoms with Gasteiger partial charge < -0.3 is 10.4 Å². The number of aromatic carboxylic acids is 1. The van der Waals surface area contributed by atoms with Crippen LogP contribution in [0.1, 0.15) is 36.7 Å². The summed E-state index contributed by atoms with van der Waals surface area (Å²) < 4.78 is 26.9. The molecule has 0 saturated carbocycles. The Morgan fingerprint density at radius 2 is 2.19 bits per heavy atom. The average molecular weight is 333 g/mol. The standard InChI is InChI=1S/C12H19N3O4S2/c1-2-7-15(9-3-5-13-6-4-9)21(18,19)12-10(11(16)17)14-8-20-12/h8-9,13H,2-7H2,1H3,(H,16,17). The molecule has 7 nitrogen and oxygen atoms in total. The first kappa shape index (κ1) is 16.3. The summed E-state index contributed by atoms with van der Waals surface area (Å²) in [5, 5.41) is 12.3. The van der Waals surface area contributed by atoms with Crippen molar-refractivity contribution in [2.75, 3.05) is 19.6 Å². The van der Waals surface area contributed by atoms with Crippen LogP contribution >= 0.6 is 11.3 Å². The van der Waals surface area contributed by atoms with Crippen molar-refractivity contribution in [2.45, 2.75) is 36.4 Å². The van der Waals surface area contributed by atoms with Crippen molar-refractivity contribution < 1.29 is 18.3 Å². The molecule has 0 atom stereocenters. The molecule has 0 aromatic carbocycles. The maximum Gasteiger partial charge on any atom is 0.356 e. The third-order valence-corrected chi connectivity index (χ3v) is 6.74. The van der Waals surface area contributed by atoms with Crippen molar-refractivity contribution in [3.8, 4) is 0 Å². The number of carboxylic acids is 1. The predicted molar refractivity (Wildman–Crippen MR) is 79.1 cm³/mol. The lowest BCUT2D eigenvalue weighted by Gasteiger charge is -2.33. The summed E-state index contributed by atoms with van der Waals surface area (Å²) in [4.78, 5) is 14.8. The molecule has 0 aliphatic carbocycles. The minimum atomic E-state index is -3.81. The van der Waals surface area contributed by atoms with E-state index in [4.69, 9.17) is 5.11 Å². The van der Waals surface area contributed by atoms with Gasteiger partial charge in [0, 0.05) is 12.6 Å². The Balaban J connectivity index is 2.37. The summed E-state index contributed by atoms with van der Waals surface area (Å²) in [6, 6.07) is -0.0834. The van der Waals surface area contributed by atoms with Crippen molar-refractivity contribution in [3.05, 3.63) is 11.2 Å². The van der Waals surface area contributed by atoms with Crippen LogP contribution in [0.3, 0.4) is 0 Å². The second-order valence-electron chi connectivity index (χ2n) is 4.89. The van der Waals surface area contributed by atoms with E-state index in [-0.39, 0.29) is 15.9 Å². The van der Waals surface area contributed by atoms with Crippen LogP contribution in [0, 0.1) is 0 Å². The lowest BCUT2D eigenvalue weighted by Crippen LogP contribution is -2.46. The van der Waals surface area contributed by atoms with E-state index in [1.807, 2.05) is 6.92 Å². The minimum Gasteiger partial charge on any atom is -0.476 e. The molecular formula is C12H19N3O4S2. The Bertz CT molecular complexity index is 593. The van der Waals surface area contributed by atoms with Gasteiger partial charge in [-0.05, 0) is 32.4 Å². The molecule has 9 heteroatoms. The summed E-state index contributed by atoms with van der Waals surface area (Å²) in [6.45, 7) is 3.85. The molecular weight excluding hydrogens is 314 g/mol. The quantitative estimate of drug-likeness (QED) is 0.805. The van der Waals surface area contributed by atoms with Gasteiger partial charge in [0.05, 0.1) is 5.51 Å². The van der Waals surface area contributed by atoms with Gasteiger partial charge in [0.2, 0.25) is 0 Å². The van der Waals surface area contributed by atoms with Crippen LogP contribution in [0.4, 0.5) is 0 Å². The molecule has 0 spiro atoms. The molecule has 2 heterocycles. The highest BCUT2D eigenvalue weighted by Crippen LogP contribution is 2.28. The Morgan fingerprint density at radius 1 is 1.52 bits per heavy atom. The van der Waals surface area contributed by atoms with E-state index in [0.29, 0.717) is 13.0 Å². The molecule has 1 aliphatic rings. The van der Waals surface area contributed by atoms with Crippen LogP contribution in [0.5, 0.6) is 0 Å². The zero-order valence-electron chi connectivity index (χ0n) is 11.8. The molecule has 0 radical (unpaired) electrons. The summed E-state index contributed by atoms with van der Waals surface area (Å²) in [5.41, 5.74) is 0.887. The van der Waals surface area contributed by atoms with Gasteiger partial charge in [-0.25, -0.2) is 18.2 Å². The van der Waals surface area contributed by atoms with E-state index >= 15 is 0 Å². The van der Waals surface area contributed by atoms with Crippen LogP contribution in [0.15, 0.2) is 9.72 Å². The second kappa shape index (κ2) is 6.82. The van der Waals surface area contributed by atoms with Gasteiger partial charge in [-0.15, -0.1) is 11.3 Å². The molecule has 118 valence electrons. The Hall–Kier alpha value is -1.03. The number of nitrogens with zero attached hydrogens (tertiary/aromatic N) is 2. The number of rotatable bonds is 6. The zero-order chi connectivity index (χ0) is 15.5. The van der Waals surface area contributed by atoms with E-state index in [9.17, 15) is 13.2 Å². The number of piperidine rings is 1. The molecule has 1 aromatic rings. The van der Waals surface area contributed by atoms with Crippen LogP contribution in [0.2, 0.25) is 0 Å². The van der Waals surface area contributed by atoms with Crippen LogP contribution in [0.25, 0.3) is 0 Å². The normalized spacial score (nSPS) is 17.2. The van der Waals surface area contributed by atoms with E-state index < -0.39 is 16.0 Å². The summed E-state index contributed by atoms with van der Waals surface area (Å²) in [6.07, 6.45) is 2.16. The molecule has 2 rings (SSSR count). The molecule has 1 saturated heterocycles. The van der Waals surface area contributed by atoms with Crippen molar-refractivity contribution in [1.29, 1.82) is 0 Å². The van der Waals surface area contributed by atoms with Crippen molar-refractivity contribution in [3.63, 3.8) is 0 Å².